The lowest BCUT2D eigenvalue weighted by Crippen LogP contribution is -2.21. The molecule has 6 rings (SSSR count). The van der Waals surface area contributed by atoms with Crippen LogP contribution < -0.4 is 10.1 Å². The molecular formula is C35H33N5OS2. The van der Waals surface area contributed by atoms with Gasteiger partial charge in [0.1, 0.15) is 11.8 Å². The Bertz CT molecular complexity index is 1720. The van der Waals surface area contributed by atoms with Crippen molar-refractivity contribution in [2.75, 3.05) is 37.8 Å². The summed E-state index contributed by atoms with van der Waals surface area (Å²) in [6, 6.07) is 31.0. The van der Waals surface area contributed by atoms with Gasteiger partial charge in [0, 0.05) is 30.1 Å². The van der Waals surface area contributed by atoms with Crippen LogP contribution in [-0.4, -0.2) is 47.4 Å². The summed E-state index contributed by atoms with van der Waals surface area (Å²) in [7, 11) is 0. The van der Waals surface area contributed by atoms with Crippen LogP contribution in [0.2, 0.25) is 0 Å². The molecule has 0 amide bonds. The fourth-order valence-electron chi connectivity index (χ4n) is 5.42. The molecule has 1 N–H and O–H groups in total. The molecule has 1 aliphatic heterocycles. The Morgan fingerprint density at radius 3 is 2.56 bits per heavy atom. The number of hydrogen-bond acceptors (Lipinski definition) is 8. The molecule has 0 bridgehead atoms. The van der Waals surface area contributed by atoms with E-state index in [0.29, 0.717) is 18.1 Å². The highest BCUT2D eigenvalue weighted by molar-refractivity contribution is 8.00. The van der Waals surface area contributed by atoms with Crippen LogP contribution in [-0.2, 0) is 0 Å². The minimum absolute atomic E-state index is 0.491. The van der Waals surface area contributed by atoms with Crippen molar-refractivity contribution < 1.29 is 4.74 Å². The molecule has 216 valence electrons. The van der Waals surface area contributed by atoms with Crippen LogP contribution in [0.5, 0.6) is 5.75 Å². The van der Waals surface area contributed by atoms with E-state index in [1.54, 1.807) is 29.3 Å². The molecule has 5 aromatic rings. The van der Waals surface area contributed by atoms with E-state index in [-0.39, 0.29) is 0 Å². The summed E-state index contributed by atoms with van der Waals surface area (Å²) in [5.74, 6) is 1.31. The average Bonchev–Trinajstić information content (AvgIpc) is 3.72. The summed E-state index contributed by atoms with van der Waals surface area (Å²) in [4.78, 5) is 12.9. The number of nitrogens with zero attached hydrogens (tertiary/aromatic N) is 4. The zero-order chi connectivity index (χ0) is 29.4. The second-order valence-electron chi connectivity index (χ2n) is 10.4. The zero-order valence-corrected chi connectivity index (χ0v) is 25.8. The topological polar surface area (TPSA) is 74.1 Å². The number of likely N-dealkylation sites (tertiary alicyclic amines) is 1. The SMILES string of the molecule is CSc1sc(-c2ccnc(Nc3cccc(OCCCN4CCCC4)c3)n2)c(-c2cccc(-c3ccccc3)c2)c1C#N. The summed E-state index contributed by atoms with van der Waals surface area (Å²) < 4.78 is 7.02. The van der Waals surface area contributed by atoms with E-state index in [9.17, 15) is 5.26 Å². The highest BCUT2D eigenvalue weighted by Gasteiger charge is 2.22. The average molecular weight is 604 g/mol. The standard InChI is InChI=1S/C35H33N5OS2/c1-42-34-30(24-36)32(27-13-7-12-26(22-27)25-10-3-2-4-11-25)33(43-34)31-16-17-37-35(39-31)38-28-14-8-15-29(23-28)41-21-9-20-40-18-5-6-19-40/h2-4,7-8,10-17,22-23H,5-6,9,18-21H2,1H3,(H,37,38,39). The van der Waals surface area contributed by atoms with Crippen molar-refractivity contribution in [2.24, 2.45) is 0 Å². The number of hydrogen-bond donors (Lipinski definition) is 1. The normalized spacial score (nSPS) is 13.1. The van der Waals surface area contributed by atoms with Crippen LogP contribution in [0.1, 0.15) is 24.8 Å². The first kappa shape index (κ1) is 28.9. The molecule has 0 unspecified atom stereocenters. The van der Waals surface area contributed by atoms with E-state index in [2.05, 4.69) is 51.6 Å². The molecule has 8 heteroatoms. The third-order valence-electron chi connectivity index (χ3n) is 7.50. The Morgan fingerprint density at radius 2 is 1.74 bits per heavy atom. The molecule has 3 heterocycles. The van der Waals surface area contributed by atoms with E-state index in [1.165, 1.54) is 25.9 Å². The van der Waals surface area contributed by atoms with Crippen molar-refractivity contribution in [1.29, 1.82) is 5.26 Å². The van der Waals surface area contributed by atoms with Crippen LogP contribution in [0.15, 0.2) is 95.3 Å². The Hall–Kier alpha value is -4.16. The maximum Gasteiger partial charge on any atom is 0.227 e. The molecule has 1 saturated heterocycles. The number of nitrogens with one attached hydrogen (secondary N) is 1. The second-order valence-corrected chi connectivity index (χ2v) is 12.5. The number of thiophene rings is 1. The van der Waals surface area contributed by atoms with Gasteiger partial charge < -0.3 is 15.0 Å². The highest BCUT2D eigenvalue weighted by atomic mass is 32.2. The lowest BCUT2D eigenvalue weighted by atomic mass is 9.96. The minimum atomic E-state index is 0.491. The van der Waals surface area contributed by atoms with Crippen LogP contribution in [0.25, 0.3) is 32.8 Å². The summed E-state index contributed by atoms with van der Waals surface area (Å²) in [5.41, 5.74) is 6.45. The number of aromatic nitrogens is 2. The number of rotatable bonds is 11. The number of anilines is 2. The summed E-state index contributed by atoms with van der Waals surface area (Å²) in [6.07, 6.45) is 7.41. The van der Waals surface area contributed by atoms with E-state index in [0.717, 1.165) is 61.4 Å². The lowest BCUT2D eigenvalue weighted by Gasteiger charge is -2.14. The molecule has 2 aromatic heterocycles. The lowest BCUT2D eigenvalue weighted by molar-refractivity contribution is 0.263. The fourth-order valence-corrected chi connectivity index (χ4v) is 7.33. The van der Waals surface area contributed by atoms with Gasteiger partial charge in [0.25, 0.3) is 0 Å². The number of thioether (sulfide) groups is 1. The second kappa shape index (κ2) is 13.9. The van der Waals surface area contributed by atoms with Gasteiger partial charge in [-0.15, -0.1) is 23.1 Å². The van der Waals surface area contributed by atoms with Crippen molar-refractivity contribution in [3.63, 3.8) is 0 Å². The Balaban J connectivity index is 1.25. The van der Waals surface area contributed by atoms with Crippen molar-refractivity contribution >= 4 is 34.7 Å². The van der Waals surface area contributed by atoms with Gasteiger partial charge in [0.05, 0.1) is 27.0 Å². The van der Waals surface area contributed by atoms with Crippen LogP contribution >= 0.6 is 23.1 Å². The minimum Gasteiger partial charge on any atom is -0.493 e. The van der Waals surface area contributed by atoms with Crippen molar-refractivity contribution in [1.82, 2.24) is 14.9 Å². The summed E-state index contributed by atoms with van der Waals surface area (Å²) in [5, 5.41) is 13.6. The Labute approximate surface area is 261 Å². The van der Waals surface area contributed by atoms with Gasteiger partial charge in [-0.2, -0.15) is 5.26 Å². The first-order chi connectivity index (χ1) is 21.2. The Morgan fingerprint density at radius 1 is 0.953 bits per heavy atom. The zero-order valence-electron chi connectivity index (χ0n) is 24.1. The monoisotopic (exact) mass is 603 g/mol. The largest absolute Gasteiger partial charge is 0.493 e. The van der Waals surface area contributed by atoms with Gasteiger partial charge in [0.2, 0.25) is 5.95 Å². The summed E-state index contributed by atoms with van der Waals surface area (Å²) in [6.45, 7) is 4.20. The Kier molecular flexibility index (Phi) is 9.34. The molecule has 6 nitrogen and oxygen atoms in total. The molecular weight excluding hydrogens is 571 g/mol. The van der Waals surface area contributed by atoms with Crippen molar-refractivity contribution in [3.05, 3.63) is 96.7 Å². The molecule has 0 aliphatic carbocycles. The van der Waals surface area contributed by atoms with E-state index >= 15 is 0 Å². The van der Waals surface area contributed by atoms with E-state index in [1.807, 2.05) is 60.9 Å². The summed E-state index contributed by atoms with van der Waals surface area (Å²) >= 11 is 3.19. The molecule has 3 aromatic carbocycles. The van der Waals surface area contributed by atoms with Crippen LogP contribution in [0.3, 0.4) is 0 Å². The van der Waals surface area contributed by atoms with Gasteiger partial charge in [-0.05, 0) is 79.6 Å². The van der Waals surface area contributed by atoms with E-state index < -0.39 is 0 Å². The molecule has 1 aliphatic rings. The van der Waals surface area contributed by atoms with Gasteiger partial charge >= 0.3 is 0 Å². The predicted octanol–water partition coefficient (Wildman–Crippen LogP) is 8.74. The van der Waals surface area contributed by atoms with Gasteiger partial charge in [-0.3, -0.25) is 0 Å². The first-order valence-corrected chi connectivity index (χ1v) is 16.6. The molecule has 0 atom stereocenters. The third-order valence-corrected chi connectivity index (χ3v) is 9.83. The number of benzene rings is 3. The molecule has 43 heavy (non-hydrogen) atoms. The number of nitriles is 1. The first-order valence-electron chi connectivity index (χ1n) is 14.5. The fraction of sp³-hybridized carbons (Fsp3) is 0.229. The van der Waals surface area contributed by atoms with E-state index in [4.69, 9.17) is 9.72 Å². The van der Waals surface area contributed by atoms with Crippen molar-refractivity contribution in [2.45, 2.75) is 23.5 Å². The maximum absolute atomic E-state index is 10.2. The molecule has 0 saturated carbocycles. The maximum atomic E-state index is 10.2. The smallest absolute Gasteiger partial charge is 0.227 e. The number of ether oxygens (including phenoxy) is 1. The molecule has 0 radical (unpaired) electrons. The quantitative estimate of drug-likeness (QED) is 0.120. The van der Waals surface area contributed by atoms with Gasteiger partial charge in [-0.1, -0.05) is 54.6 Å². The molecule has 1 fully saturated rings. The predicted molar refractivity (Wildman–Crippen MR) is 178 cm³/mol. The van der Waals surface area contributed by atoms with Gasteiger partial charge in [-0.25, -0.2) is 9.97 Å². The third kappa shape index (κ3) is 6.91. The molecule has 0 spiro atoms. The van der Waals surface area contributed by atoms with Crippen molar-refractivity contribution in [3.8, 4) is 44.6 Å². The van der Waals surface area contributed by atoms with Crippen LogP contribution in [0, 0.1) is 11.3 Å². The van der Waals surface area contributed by atoms with Gasteiger partial charge in [0.15, 0.2) is 0 Å². The highest BCUT2D eigenvalue weighted by Crippen LogP contribution is 2.46. The van der Waals surface area contributed by atoms with Crippen LogP contribution in [0.4, 0.5) is 11.6 Å².